The summed E-state index contributed by atoms with van der Waals surface area (Å²) in [4.78, 5) is 28.4. The van der Waals surface area contributed by atoms with Gasteiger partial charge in [-0.3, -0.25) is 14.0 Å². The maximum absolute atomic E-state index is 12.4. The lowest BCUT2D eigenvalue weighted by atomic mass is 10.2. The Labute approximate surface area is 121 Å². The van der Waals surface area contributed by atoms with Gasteiger partial charge in [0.05, 0.1) is 6.61 Å². The molecule has 2 heterocycles. The molecule has 0 spiro atoms. The van der Waals surface area contributed by atoms with Crippen molar-refractivity contribution in [1.82, 2.24) is 14.7 Å². The number of aromatic hydroxyl groups is 1. The topological polar surface area (TPSA) is 92.9 Å². The Kier molecular flexibility index (Phi) is 4.23. The van der Waals surface area contributed by atoms with Gasteiger partial charge in [0.1, 0.15) is 5.65 Å². The average molecular weight is 291 g/mol. The average Bonchev–Trinajstić information content (AvgIpc) is 2.40. The highest BCUT2D eigenvalue weighted by Gasteiger charge is 2.21. The van der Waals surface area contributed by atoms with Crippen molar-refractivity contribution in [2.45, 2.75) is 19.9 Å². The Balaban J connectivity index is 2.50. The first-order valence-corrected chi connectivity index (χ1v) is 6.46. The summed E-state index contributed by atoms with van der Waals surface area (Å²) in [6.07, 6.45) is 1.51. The highest BCUT2D eigenvalue weighted by molar-refractivity contribution is 5.96. The molecule has 2 N–H and O–H groups in total. The van der Waals surface area contributed by atoms with Crippen LogP contribution in [-0.2, 0) is 4.74 Å². The third kappa shape index (κ3) is 2.87. The number of carbonyl (C=O) groups is 1. The van der Waals surface area contributed by atoms with E-state index in [0.717, 1.165) is 5.56 Å². The number of nitrogens with zero attached hydrogens (tertiary/aromatic N) is 2. The van der Waals surface area contributed by atoms with Gasteiger partial charge in [-0.1, -0.05) is 6.07 Å². The zero-order chi connectivity index (χ0) is 15.6. The molecule has 2 aromatic heterocycles. The number of amides is 1. The monoisotopic (exact) mass is 291 g/mol. The summed E-state index contributed by atoms with van der Waals surface area (Å²) in [6, 6.07) is 3.15. The fraction of sp³-hybridized carbons (Fsp3) is 0.357. The molecule has 112 valence electrons. The van der Waals surface area contributed by atoms with Gasteiger partial charge in [0.2, 0.25) is 5.88 Å². The zero-order valence-electron chi connectivity index (χ0n) is 12.1. The first-order chi connectivity index (χ1) is 9.95. The second-order valence-electron chi connectivity index (χ2n) is 4.83. The summed E-state index contributed by atoms with van der Waals surface area (Å²) in [7, 11) is 1.51. The van der Waals surface area contributed by atoms with E-state index in [9.17, 15) is 14.7 Å². The smallest absolute Gasteiger partial charge is 0.274 e. The molecule has 7 heteroatoms. The number of fused-ring (bicyclic) bond motifs is 1. The van der Waals surface area contributed by atoms with Crippen molar-refractivity contribution < 1.29 is 14.6 Å². The SMILES string of the molecule is COCC(C)NC(=O)c1c(O)nc2c(C)cccn2c1=O. The molecule has 21 heavy (non-hydrogen) atoms. The van der Waals surface area contributed by atoms with Crippen molar-refractivity contribution >= 4 is 11.6 Å². The van der Waals surface area contributed by atoms with Gasteiger partial charge >= 0.3 is 0 Å². The molecule has 2 rings (SSSR count). The van der Waals surface area contributed by atoms with Crippen LogP contribution in [0.4, 0.5) is 0 Å². The van der Waals surface area contributed by atoms with Gasteiger partial charge in [0.15, 0.2) is 5.56 Å². The van der Waals surface area contributed by atoms with Crippen LogP contribution in [-0.4, -0.2) is 40.2 Å². The minimum atomic E-state index is -0.676. The van der Waals surface area contributed by atoms with Gasteiger partial charge in [0, 0.05) is 19.3 Å². The van der Waals surface area contributed by atoms with Crippen molar-refractivity contribution in [2.24, 2.45) is 0 Å². The van der Waals surface area contributed by atoms with Crippen LogP contribution in [0.5, 0.6) is 5.88 Å². The highest BCUT2D eigenvalue weighted by Crippen LogP contribution is 2.13. The molecular formula is C14H17N3O4. The van der Waals surface area contributed by atoms with E-state index in [1.165, 1.54) is 17.7 Å². The Morgan fingerprint density at radius 1 is 1.57 bits per heavy atom. The van der Waals surface area contributed by atoms with E-state index in [-0.39, 0.29) is 11.6 Å². The highest BCUT2D eigenvalue weighted by atomic mass is 16.5. The van der Waals surface area contributed by atoms with Gasteiger partial charge in [-0.25, -0.2) is 0 Å². The number of aromatic nitrogens is 2. The van der Waals surface area contributed by atoms with E-state index < -0.39 is 17.3 Å². The number of pyridine rings is 1. The third-order valence-corrected chi connectivity index (χ3v) is 3.05. The predicted octanol–water partition coefficient (Wildman–Crippen LogP) is 0.473. The lowest BCUT2D eigenvalue weighted by molar-refractivity contribution is 0.0900. The number of hydrogen-bond acceptors (Lipinski definition) is 5. The fourth-order valence-electron chi connectivity index (χ4n) is 2.07. The van der Waals surface area contributed by atoms with Crippen LogP contribution in [0, 0.1) is 6.92 Å². The third-order valence-electron chi connectivity index (χ3n) is 3.05. The lowest BCUT2D eigenvalue weighted by Crippen LogP contribution is -2.39. The molecule has 7 nitrogen and oxygen atoms in total. The van der Waals surface area contributed by atoms with E-state index in [0.29, 0.717) is 12.3 Å². The van der Waals surface area contributed by atoms with Crippen molar-refractivity contribution in [3.63, 3.8) is 0 Å². The molecule has 0 aromatic carbocycles. The van der Waals surface area contributed by atoms with E-state index in [1.54, 1.807) is 26.0 Å². The molecule has 1 amide bonds. The molecular weight excluding hydrogens is 274 g/mol. The summed E-state index contributed by atoms with van der Waals surface area (Å²) in [5.41, 5.74) is 0.0652. The predicted molar refractivity (Wildman–Crippen MR) is 76.7 cm³/mol. The van der Waals surface area contributed by atoms with Crippen LogP contribution in [0.3, 0.4) is 0 Å². The molecule has 1 unspecified atom stereocenters. The van der Waals surface area contributed by atoms with E-state index in [4.69, 9.17) is 4.74 Å². The zero-order valence-corrected chi connectivity index (χ0v) is 12.1. The van der Waals surface area contributed by atoms with Crippen LogP contribution in [0.1, 0.15) is 22.8 Å². The molecule has 0 aliphatic rings. The Morgan fingerprint density at radius 3 is 2.95 bits per heavy atom. The quantitative estimate of drug-likeness (QED) is 0.854. The molecule has 2 aromatic rings. The van der Waals surface area contributed by atoms with Crippen LogP contribution in [0.2, 0.25) is 0 Å². The summed E-state index contributed by atoms with van der Waals surface area (Å²) in [5, 5.41) is 12.5. The Hall–Kier alpha value is -2.41. The Bertz CT molecular complexity index is 739. The van der Waals surface area contributed by atoms with Crippen LogP contribution in [0.25, 0.3) is 5.65 Å². The maximum Gasteiger partial charge on any atom is 0.274 e. The maximum atomic E-state index is 12.4. The summed E-state index contributed by atoms with van der Waals surface area (Å²) in [6.45, 7) is 3.80. The van der Waals surface area contributed by atoms with Crippen LogP contribution < -0.4 is 10.9 Å². The molecule has 0 aliphatic heterocycles. The lowest BCUT2D eigenvalue weighted by Gasteiger charge is -2.13. The number of hydrogen-bond donors (Lipinski definition) is 2. The van der Waals surface area contributed by atoms with Gasteiger partial charge in [-0.2, -0.15) is 4.98 Å². The van der Waals surface area contributed by atoms with E-state index in [2.05, 4.69) is 10.3 Å². The van der Waals surface area contributed by atoms with Crippen LogP contribution >= 0.6 is 0 Å². The molecule has 0 saturated heterocycles. The molecule has 0 radical (unpaired) electrons. The molecule has 1 atom stereocenters. The van der Waals surface area contributed by atoms with E-state index >= 15 is 0 Å². The first kappa shape index (κ1) is 15.0. The minimum absolute atomic E-state index is 0.292. The molecule has 0 aliphatic carbocycles. The number of rotatable bonds is 4. The van der Waals surface area contributed by atoms with Gasteiger partial charge in [0.25, 0.3) is 11.5 Å². The van der Waals surface area contributed by atoms with Gasteiger partial charge in [-0.15, -0.1) is 0 Å². The van der Waals surface area contributed by atoms with Gasteiger partial charge < -0.3 is 15.2 Å². The van der Waals surface area contributed by atoms with Gasteiger partial charge in [-0.05, 0) is 25.5 Å². The number of carbonyl (C=O) groups excluding carboxylic acids is 1. The number of methoxy groups -OCH3 is 1. The first-order valence-electron chi connectivity index (χ1n) is 6.46. The fourth-order valence-corrected chi connectivity index (χ4v) is 2.07. The largest absolute Gasteiger partial charge is 0.493 e. The minimum Gasteiger partial charge on any atom is -0.493 e. The van der Waals surface area contributed by atoms with Crippen molar-refractivity contribution in [3.05, 3.63) is 39.8 Å². The second kappa shape index (κ2) is 5.92. The summed E-state index contributed by atoms with van der Waals surface area (Å²) >= 11 is 0. The molecule has 0 bridgehead atoms. The molecule has 0 fully saturated rings. The van der Waals surface area contributed by atoms with Crippen LogP contribution in [0.15, 0.2) is 23.1 Å². The normalized spacial score (nSPS) is 12.3. The molecule has 0 saturated carbocycles. The second-order valence-corrected chi connectivity index (χ2v) is 4.83. The van der Waals surface area contributed by atoms with Crippen molar-refractivity contribution in [1.29, 1.82) is 0 Å². The summed E-state index contributed by atoms with van der Waals surface area (Å²) in [5.74, 6) is -1.25. The Morgan fingerprint density at radius 2 is 2.29 bits per heavy atom. The number of aryl methyl sites for hydroxylation is 1. The number of nitrogens with one attached hydrogen (secondary N) is 1. The van der Waals surface area contributed by atoms with E-state index in [1.807, 2.05) is 0 Å². The standard InChI is InChI=1S/C14H17N3O4/c1-8-5-4-6-17-11(8)16-13(19)10(14(17)20)12(18)15-9(2)7-21-3/h4-6,9,19H,7H2,1-3H3,(H,15,18). The number of ether oxygens (including phenoxy) is 1. The van der Waals surface area contributed by atoms with Crippen molar-refractivity contribution in [2.75, 3.05) is 13.7 Å². The summed E-state index contributed by atoms with van der Waals surface area (Å²) < 4.78 is 6.15. The van der Waals surface area contributed by atoms with Crippen molar-refractivity contribution in [3.8, 4) is 5.88 Å².